The minimum atomic E-state index is -0.415. The molecule has 0 saturated carbocycles. The molecular weight excluding hydrogens is 354 g/mol. The van der Waals surface area contributed by atoms with Crippen molar-refractivity contribution >= 4 is 40.1 Å². The molecule has 8 heteroatoms. The van der Waals surface area contributed by atoms with Gasteiger partial charge in [0.05, 0.1) is 10.5 Å². The third-order valence-corrected chi connectivity index (χ3v) is 4.10. The van der Waals surface area contributed by atoms with Gasteiger partial charge in [-0.3, -0.25) is 15.1 Å². The zero-order valence-electron chi connectivity index (χ0n) is 14.0. The van der Waals surface area contributed by atoms with Crippen LogP contribution in [0.3, 0.4) is 0 Å². The summed E-state index contributed by atoms with van der Waals surface area (Å²) in [6, 6.07) is 12.5. The molecule has 0 atom stereocenters. The number of fused-ring (bicyclic) bond motifs is 1. The number of ether oxygens (including phenoxy) is 1. The second-order valence-corrected chi connectivity index (χ2v) is 6.02. The molecular formula is C18H18ClN5O2. The Morgan fingerprint density at radius 1 is 1.31 bits per heavy atom. The Morgan fingerprint density at radius 2 is 2.12 bits per heavy atom. The first-order valence-electron chi connectivity index (χ1n) is 7.80. The van der Waals surface area contributed by atoms with Gasteiger partial charge in [0, 0.05) is 18.1 Å². The number of hydrogen-bond donors (Lipinski definition) is 4. The molecule has 0 aliphatic heterocycles. The fourth-order valence-electron chi connectivity index (χ4n) is 2.49. The van der Waals surface area contributed by atoms with Gasteiger partial charge in [-0.1, -0.05) is 23.7 Å². The number of nitrogens with two attached hydrogens (primary N) is 2. The van der Waals surface area contributed by atoms with Crippen molar-refractivity contribution in [2.24, 2.45) is 10.7 Å². The third kappa shape index (κ3) is 3.73. The first kappa shape index (κ1) is 17.6. The van der Waals surface area contributed by atoms with Crippen LogP contribution in [0.15, 0.2) is 47.5 Å². The minimum absolute atomic E-state index is 0.0258. The number of nitrogens with one attached hydrogen (secondary N) is 2. The van der Waals surface area contributed by atoms with Crippen LogP contribution in [0.25, 0.3) is 10.9 Å². The lowest BCUT2D eigenvalue weighted by Crippen LogP contribution is -2.36. The number of hydrogen-bond acceptors (Lipinski definition) is 4. The van der Waals surface area contributed by atoms with Crippen LogP contribution in [0.2, 0.25) is 5.02 Å². The Bertz CT molecular complexity index is 996. The van der Waals surface area contributed by atoms with Gasteiger partial charge >= 0.3 is 0 Å². The van der Waals surface area contributed by atoms with Crippen molar-refractivity contribution in [1.29, 1.82) is 0 Å². The van der Waals surface area contributed by atoms with Crippen molar-refractivity contribution in [2.45, 2.75) is 6.61 Å². The van der Waals surface area contributed by atoms with E-state index in [0.29, 0.717) is 39.7 Å². The molecule has 2 aromatic carbocycles. The smallest absolute Gasteiger partial charge is 0.274 e. The third-order valence-electron chi connectivity index (χ3n) is 3.77. The van der Waals surface area contributed by atoms with Gasteiger partial charge < -0.3 is 21.2 Å². The number of anilines is 1. The van der Waals surface area contributed by atoms with E-state index < -0.39 is 5.91 Å². The second kappa shape index (κ2) is 7.37. The predicted octanol–water partition coefficient (Wildman–Crippen LogP) is 2.66. The summed E-state index contributed by atoms with van der Waals surface area (Å²) in [6.07, 6.45) is 0. The molecule has 0 saturated heterocycles. The van der Waals surface area contributed by atoms with Gasteiger partial charge in [-0.2, -0.15) is 0 Å². The van der Waals surface area contributed by atoms with Crippen molar-refractivity contribution in [1.82, 2.24) is 10.3 Å². The van der Waals surface area contributed by atoms with Crippen molar-refractivity contribution in [3.05, 3.63) is 58.7 Å². The summed E-state index contributed by atoms with van der Waals surface area (Å²) in [5.41, 5.74) is 13.8. The summed E-state index contributed by atoms with van der Waals surface area (Å²) in [6.45, 7) is 0.331. The van der Waals surface area contributed by atoms with Crippen molar-refractivity contribution in [3.8, 4) is 5.75 Å². The zero-order valence-corrected chi connectivity index (χ0v) is 14.8. The van der Waals surface area contributed by atoms with Crippen LogP contribution in [0, 0.1) is 0 Å². The first-order chi connectivity index (χ1) is 12.5. The SMILES string of the molecule is CN=C(N)NC(=O)c1cc2c(Cl)ccc(OCc3cccc(N)c3)c2[nH]1. The molecule has 3 aromatic rings. The summed E-state index contributed by atoms with van der Waals surface area (Å²) in [7, 11) is 1.49. The normalized spacial score (nSPS) is 11.5. The number of aromatic amines is 1. The molecule has 0 unspecified atom stereocenters. The Hall–Kier alpha value is -3.19. The standard InChI is InChI=1S/C18H18ClN5O2/c1-22-18(21)24-17(25)14-8-12-13(19)5-6-15(16(12)23-14)26-9-10-3-2-4-11(20)7-10/h2-8,23H,9,20H2,1H3,(H3,21,22,24,25). The van der Waals surface area contributed by atoms with E-state index in [0.717, 1.165) is 5.56 Å². The maximum atomic E-state index is 12.2. The summed E-state index contributed by atoms with van der Waals surface area (Å²) in [5.74, 6) is 0.183. The van der Waals surface area contributed by atoms with E-state index in [2.05, 4.69) is 15.3 Å². The Labute approximate surface area is 155 Å². The Balaban J connectivity index is 1.89. The number of H-pyrrole nitrogens is 1. The number of rotatable bonds is 4. The lowest BCUT2D eigenvalue weighted by molar-refractivity contribution is 0.0972. The highest BCUT2D eigenvalue weighted by atomic mass is 35.5. The van der Waals surface area contributed by atoms with Crippen molar-refractivity contribution in [2.75, 3.05) is 12.8 Å². The number of halogens is 1. The van der Waals surface area contributed by atoms with Crippen LogP contribution < -0.4 is 21.5 Å². The van der Waals surface area contributed by atoms with Crippen LogP contribution in [0.5, 0.6) is 5.75 Å². The number of guanidine groups is 1. The summed E-state index contributed by atoms with van der Waals surface area (Å²) in [4.78, 5) is 18.9. The molecule has 7 nitrogen and oxygen atoms in total. The number of nitrogens with zero attached hydrogens (tertiary/aromatic N) is 1. The molecule has 1 aromatic heterocycles. The number of aromatic nitrogens is 1. The molecule has 26 heavy (non-hydrogen) atoms. The van der Waals surface area contributed by atoms with Gasteiger partial charge in [0.1, 0.15) is 18.1 Å². The van der Waals surface area contributed by atoms with Gasteiger partial charge in [0.2, 0.25) is 0 Å². The van der Waals surface area contributed by atoms with E-state index in [-0.39, 0.29) is 5.96 Å². The van der Waals surface area contributed by atoms with Gasteiger partial charge in [-0.15, -0.1) is 0 Å². The van der Waals surface area contributed by atoms with Crippen molar-refractivity contribution in [3.63, 3.8) is 0 Å². The van der Waals surface area contributed by atoms with E-state index in [9.17, 15) is 4.79 Å². The van der Waals surface area contributed by atoms with Gasteiger partial charge in [0.25, 0.3) is 5.91 Å². The second-order valence-electron chi connectivity index (χ2n) is 5.61. The molecule has 0 bridgehead atoms. The Morgan fingerprint density at radius 3 is 2.85 bits per heavy atom. The molecule has 0 aliphatic rings. The average molecular weight is 372 g/mol. The molecule has 1 amide bonds. The average Bonchev–Trinajstić information content (AvgIpc) is 3.08. The van der Waals surface area contributed by atoms with E-state index in [1.165, 1.54) is 7.05 Å². The van der Waals surface area contributed by atoms with Gasteiger partial charge in [-0.25, -0.2) is 0 Å². The minimum Gasteiger partial charge on any atom is -0.487 e. The first-order valence-corrected chi connectivity index (χ1v) is 8.17. The molecule has 134 valence electrons. The fourth-order valence-corrected chi connectivity index (χ4v) is 2.70. The molecule has 6 N–H and O–H groups in total. The molecule has 0 aliphatic carbocycles. The van der Waals surface area contributed by atoms with E-state index in [1.54, 1.807) is 18.2 Å². The van der Waals surface area contributed by atoms with Crippen LogP contribution in [-0.4, -0.2) is 23.9 Å². The predicted molar refractivity (Wildman–Crippen MR) is 104 cm³/mol. The molecule has 0 radical (unpaired) electrons. The number of benzene rings is 2. The maximum absolute atomic E-state index is 12.2. The molecule has 1 heterocycles. The lowest BCUT2D eigenvalue weighted by Gasteiger charge is -2.08. The quantitative estimate of drug-likeness (QED) is 0.320. The van der Waals surface area contributed by atoms with E-state index in [1.807, 2.05) is 24.3 Å². The summed E-state index contributed by atoms with van der Waals surface area (Å²) < 4.78 is 5.89. The number of carbonyl (C=O) groups excluding carboxylic acids is 1. The van der Waals surface area contributed by atoms with E-state index >= 15 is 0 Å². The van der Waals surface area contributed by atoms with Gasteiger partial charge in [0.15, 0.2) is 5.96 Å². The largest absolute Gasteiger partial charge is 0.487 e. The summed E-state index contributed by atoms with van der Waals surface area (Å²) in [5, 5.41) is 3.65. The highest BCUT2D eigenvalue weighted by Crippen LogP contribution is 2.32. The number of aliphatic imine (C=N–C) groups is 1. The van der Waals surface area contributed by atoms with Crippen LogP contribution in [-0.2, 0) is 6.61 Å². The molecule has 0 fully saturated rings. The fraction of sp³-hybridized carbons (Fsp3) is 0.111. The molecule has 3 rings (SSSR count). The number of nitrogen functional groups attached to an aromatic ring is 1. The maximum Gasteiger partial charge on any atom is 0.274 e. The van der Waals surface area contributed by atoms with Crippen LogP contribution >= 0.6 is 11.6 Å². The molecule has 0 spiro atoms. The number of amides is 1. The zero-order chi connectivity index (χ0) is 18.7. The Kier molecular flexibility index (Phi) is 4.99. The summed E-state index contributed by atoms with van der Waals surface area (Å²) >= 11 is 6.25. The van der Waals surface area contributed by atoms with Crippen molar-refractivity contribution < 1.29 is 9.53 Å². The van der Waals surface area contributed by atoms with Crippen LogP contribution in [0.1, 0.15) is 16.1 Å². The number of carbonyl (C=O) groups is 1. The monoisotopic (exact) mass is 371 g/mol. The highest BCUT2D eigenvalue weighted by Gasteiger charge is 2.15. The lowest BCUT2D eigenvalue weighted by atomic mass is 10.2. The van der Waals surface area contributed by atoms with Crippen LogP contribution in [0.4, 0.5) is 5.69 Å². The highest BCUT2D eigenvalue weighted by molar-refractivity contribution is 6.35. The topological polar surface area (TPSA) is 119 Å². The van der Waals surface area contributed by atoms with E-state index in [4.69, 9.17) is 27.8 Å². The van der Waals surface area contributed by atoms with Gasteiger partial charge in [-0.05, 0) is 35.9 Å².